The summed E-state index contributed by atoms with van der Waals surface area (Å²) in [6, 6.07) is 5.10. The van der Waals surface area contributed by atoms with Crippen molar-refractivity contribution in [3.8, 4) is 0 Å². The minimum atomic E-state index is -0.338. The van der Waals surface area contributed by atoms with Gasteiger partial charge in [0.25, 0.3) is 0 Å². The van der Waals surface area contributed by atoms with E-state index in [1.165, 1.54) is 12.5 Å². The fraction of sp³-hybridized carbons (Fsp3) is 0.500. The van der Waals surface area contributed by atoms with E-state index >= 15 is 0 Å². The Morgan fingerprint density at radius 2 is 2.21 bits per heavy atom. The number of benzene rings is 1. The molecule has 1 saturated carbocycles. The number of hydrogen-bond acceptors (Lipinski definition) is 3. The van der Waals surface area contributed by atoms with Gasteiger partial charge in [0.2, 0.25) is 0 Å². The first-order valence-electron chi connectivity index (χ1n) is 6.59. The van der Waals surface area contributed by atoms with Gasteiger partial charge in [-0.25, -0.2) is 4.39 Å². The van der Waals surface area contributed by atoms with Crippen LogP contribution < -0.4 is 5.73 Å². The first kappa shape index (κ1) is 14.0. The van der Waals surface area contributed by atoms with E-state index in [0.717, 1.165) is 12.8 Å². The van der Waals surface area contributed by atoms with Gasteiger partial charge in [0, 0.05) is 30.3 Å². The molecule has 19 heavy (non-hydrogen) atoms. The number of nitrogens with zero attached hydrogens (tertiary/aromatic N) is 1. The molecule has 1 fully saturated rings. The molecule has 0 heterocycles. The molecule has 0 unspecified atom stereocenters. The molecule has 0 bridgehead atoms. The van der Waals surface area contributed by atoms with Crippen LogP contribution in [0.25, 0.3) is 0 Å². The topological polar surface area (TPSA) is 73.3 Å². The first-order chi connectivity index (χ1) is 9.11. The number of nitrogens with one attached hydrogen (secondary N) is 1. The van der Waals surface area contributed by atoms with Crippen molar-refractivity contribution in [2.45, 2.75) is 31.8 Å². The highest BCUT2D eigenvalue weighted by Crippen LogP contribution is 2.26. The lowest BCUT2D eigenvalue weighted by Gasteiger charge is -2.37. The molecule has 1 aromatic carbocycles. The van der Waals surface area contributed by atoms with Crippen molar-refractivity contribution in [3.05, 3.63) is 35.1 Å². The molecule has 0 atom stereocenters. The molecule has 0 spiro atoms. The number of aliphatic hydroxyl groups excluding tert-OH is 1. The highest BCUT2D eigenvalue weighted by molar-refractivity contribution is 5.94. The van der Waals surface area contributed by atoms with Crippen molar-refractivity contribution in [1.82, 2.24) is 4.90 Å². The summed E-state index contributed by atoms with van der Waals surface area (Å²) in [7, 11) is 0. The van der Waals surface area contributed by atoms with Gasteiger partial charge in [0.15, 0.2) is 0 Å². The van der Waals surface area contributed by atoms with Gasteiger partial charge in [-0.2, -0.15) is 0 Å². The van der Waals surface area contributed by atoms with E-state index in [-0.39, 0.29) is 18.3 Å². The number of amidine groups is 1. The summed E-state index contributed by atoms with van der Waals surface area (Å²) in [5, 5.41) is 16.4. The van der Waals surface area contributed by atoms with E-state index in [1.807, 2.05) is 0 Å². The van der Waals surface area contributed by atoms with Gasteiger partial charge in [-0.3, -0.25) is 10.3 Å². The molecule has 0 radical (unpaired) electrons. The van der Waals surface area contributed by atoms with Crippen molar-refractivity contribution >= 4 is 5.84 Å². The van der Waals surface area contributed by atoms with Crippen LogP contribution in [0.5, 0.6) is 0 Å². The van der Waals surface area contributed by atoms with Gasteiger partial charge < -0.3 is 10.8 Å². The van der Waals surface area contributed by atoms with Crippen molar-refractivity contribution in [1.29, 1.82) is 5.41 Å². The maximum Gasteiger partial charge on any atom is 0.128 e. The average molecular weight is 265 g/mol. The number of aliphatic hydroxyl groups is 1. The smallest absolute Gasteiger partial charge is 0.128 e. The van der Waals surface area contributed by atoms with Gasteiger partial charge in [-0.05, 0) is 18.9 Å². The molecule has 4 nitrogen and oxygen atoms in total. The molecule has 2 rings (SSSR count). The molecular weight excluding hydrogens is 245 g/mol. The number of nitrogens with two attached hydrogens (primary N) is 1. The number of rotatable bonds is 6. The Morgan fingerprint density at radius 3 is 2.68 bits per heavy atom. The van der Waals surface area contributed by atoms with Crippen molar-refractivity contribution < 1.29 is 9.50 Å². The first-order valence-corrected chi connectivity index (χ1v) is 6.59. The fourth-order valence-electron chi connectivity index (χ4n) is 2.33. The lowest BCUT2D eigenvalue weighted by molar-refractivity contribution is 0.0935. The molecule has 0 aliphatic heterocycles. The van der Waals surface area contributed by atoms with Crippen LogP contribution in [-0.4, -0.2) is 35.0 Å². The lowest BCUT2D eigenvalue weighted by Crippen LogP contribution is -2.41. The van der Waals surface area contributed by atoms with Gasteiger partial charge in [-0.15, -0.1) is 0 Å². The third kappa shape index (κ3) is 3.30. The Labute approximate surface area is 112 Å². The van der Waals surface area contributed by atoms with Crippen molar-refractivity contribution in [2.24, 2.45) is 5.73 Å². The second-order valence-electron chi connectivity index (χ2n) is 5.00. The zero-order valence-electron chi connectivity index (χ0n) is 10.9. The van der Waals surface area contributed by atoms with Crippen LogP contribution in [0.4, 0.5) is 4.39 Å². The van der Waals surface area contributed by atoms with E-state index in [1.54, 1.807) is 12.1 Å². The van der Waals surface area contributed by atoms with Gasteiger partial charge in [-0.1, -0.05) is 18.6 Å². The summed E-state index contributed by atoms with van der Waals surface area (Å²) in [6.45, 7) is 1.15. The van der Waals surface area contributed by atoms with E-state index < -0.39 is 0 Å². The van der Waals surface area contributed by atoms with Crippen LogP contribution >= 0.6 is 0 Å². The fourth-order valence-corrected chi connectivity index (χ4v) is 2.33. The van der Waals surface area contributed by atoms with Crippen LogP contribution in [0.1, 0.15) is 30.4 Å². The Kier molecular flexibility index (Phi) is 4.50. The van der Waals surface area contributed by atoms with Crippen LogP contribution in [0.3, 0.4) is 0 Å². The summed E-state index contributed by atoms with van der Waals surface area (Å²) >= 11 is 0. The summed E-state index contributed by atoms with van der Waals surface area (Å²) in [5.41, 5.74) is 6.32. The van der Waals surface area contributed by atoms with Crippen molar-refractivity contribution in [3.63, 3.8) is 0 Å². The normalized spacial score (nSPS) is 15.5. The zero-order chi connectivity index (χ0) is 13.8. The number of nitrogen functional groups attached to an aromatic ring is 1. The molecule has 4 N–H and O–H groups in total. The quantitative estimate of drug-likeness (QED) is 0.538. The molecular formula is C14H20FN3O. The monoisotopic (exact) mass is 265 g/mol. The Hall–Kier alpha value is -1.46. The minimum absolute atomic E-state index is 0.0870. The summed E-state index contributed by atoms with van der Waals surface area (Å²) in [5.74, 6) is -0.466. The van der Waals surface area contributed by atoms with E-state index in [2.05, 4.69) is 4.90 Å². The molecule has 1 aliphatic carbocycles. The van der Waals surface area contributed by atoms with Crippen LogP contribution in [-0.2, 0) is 6.54 Å². The second kappa shape index (κ2) is 6.12. The third-order valence-corrected chi connectivity index (χ3v) is 3.72. The van der Waals surface area contributed by atoms with Gasteiger partial charge >= 0.3 is 0 Å². The number of halogens is 1. The molecule has 104 valence electrons. The molecule has 1 aliphatic rings. The second-order valence-corrected chi connectivity index (χ2v) is 5.00. The predicted molar refractivity (Wildman–Crippen MR) is 72.6 cm³/mol. The van der Waals surface area contributed by atoms with E-state index in [9.17, 15) is 4.39 Å². The molecule has 1 aromatic rings. The van der Waals surface area contributed by atoms with Crippen molar-refractivity contribution in [2.75, 3.05) is 13.2 Å². The molecule has 0 aromatic heterocycles. The highest BCUT2D eigenvalue weighted by Gasteiger charge is 2.25. The SMILES string of the molecule is N=C(N)c1ccc(CN(CCO)C2CCC2)c(F)c1. The average Bonchev–Trinajstić information content (AvgIpc) is 2.29. The van der Waals surface area contributed by atoms with E-state index in [4.69, 9.17) is 16.2 Å². The standard InChI is InChI=1S/C14H20FN3O/c15-13-8-10(14(16)17)4-5-11(13)9-18(6-7-19)12-2-1-3-12/h4-5,8,12,19H,1-3,6-7,9H2,(H3,16,17). The van der Waals surface area contributed by atoms with Gasteiger partial charge in [0.05, 0.1) is 6.61 Å². The Balaban J connectivity index is 2.09. The van der Waals surface area contributed by atoms with Crippen LogP contribution in [0.2, 0.25) is 0 Å². The molecule has 0 amide bonds. The van der Waals surface area contributed by atoms with Gasteiger partial charge in [0.1, 0.15) is 11.7 Å². The largest absolute Gasteiger partial charge is 0.395 e. The predicted octanol–water partition coefficient (Wildman–Crippen LogP) is 1.46. The molecule has 5 heteroatoms. The summed E-state index contributed by atoms with van der Waals surface area (Å²) in [6.07, 6.45) is 3.44. The summed E-state index contributed by atoms with van der Waals surface area (Å²) < 4.78 is 14.0. The molecule has 0 saturated heterocycles. The van der Waals surface area contributed by atoms with Crippen LogP contribution in [0, 0.1) is 11.2 Å². The Morgan fingerprint density at radius 1 is 1.47 bits per heavy atom. The number of hydrogen-bond donors (Lipinski definition) is 3. The maximum absolute atomic E-state index is 14.0. The Bertz CT molecular complexity index is 460. The van der Waals surface area contributed by atoms with Crippen LogP contribution in [0.15, 0.2) is 18.2 Å². The zero-order valence-corrected chi connectivity index (χ0v) is 10.9. The lowest BCUT2D eigenvalue weighted by atomic mass is 9.91. The minimum Gasteiger partial charge on any atom is -0.395 e. The maximum atomic E-state index is 14.0. The van der Waals surface area contributed by atoms with E-state index in [0.29, 0.717) is 30.3 Å². The third-order valence-electron chi connectivity index (χ3n) is 3.72. The summed E-state index contributed by atoms with van der Waals surface area (Å²) in [4.78, 5) is 2.12. The highest BCUT2D eigenvalue weighted by atomic mass is 19.1.